The number of Topliss-reactive ketones (excluding diaryl/α,β-unsaturated/α-hetero) is 1. The van der Waals surface area contributed by atoms with E-state index in [0.29, 0.717) is 6.42 Å². The van der Waals surface area contributed by atoms with Crippen molar-refractivity contribution >= 4 is 21.7 Å². The minimum Gasteiger partial charge on any atom is -0.494 e. The van der Waals surface area contributed by atoms with Gasteiger partial charge >= 0.3 is 0 Å². The van der Waals surface area contributed by atoms with Crippen LogP contribution in [-0.4, -0.2) is 17.7 Å². The molecule has 1 aliphatic carbocycles. The molecule has 0 aromatic heterocycles. The van der Waals surface area contributed by atoms with Crippen molar-refractivity contribution in [2.75, 3.05) is 7.11 Å². The third kappa shape index (κ3) is 3.06. The van der Waals surface area contributed by atoms with Crippen LogP contribution in [0.5, 0.6) is 5.75 Å². The highest BCUT2D eigenvalue weighted by molar-refractivity contribution is 9.10. The van der Waals surface area contributed by atoms with E-state index >= 15 is 0 Å². The Morgan fingerprint density at radius 3 is 2.88 bits per heavy atom. The van der Waals surface area contributed by atoms with E-state index in [4.69, 9.17) is 4.74 Å². The predicted molar refractivity (Wildman–Crippen MR) is 67.1 cm³/mol. The molecular formula is C13H14BrFO2. The number of ether oxygens (including phenoxy) is 1. The largest absolute Gasteiger partial charge is 0.494 e. The molecule has 0 N–H and O–H groups in total. The highest BCUT2D eigenvalue weighted by atomic mass is 79.9. The van der Waals surface area contributed by atoms with Crippen LogP contribution in [0.15, 0.2) is 18.2 Å². The first kappa shape index (κ1) is 12.6. The Kier molecular flexibility index (Phi) is 3.82. The Morgan fingerprint density at radius 1 is 1.59 bits per heavy atom. The van der Waals surface area contributed by atoms with Crippen LogP contribution in [0.2, 0.25) is 0 Å². The topological polar surface area (TPSA) is 26.3 Å². The molecule has 2 rings (SSSR count). The molecule has 1 aromatic carbocycles. The summed E-state index contributed by atoms with van der Waals surface area (Å²) in [5.74, 6) is 0.340. The number of alkyl halides is 1. The van der Waals surface area contributed by atoms with Crippen molar-refractivity contribution in [3.05, 3.63) is 29.6 Å². The maximum atomic E-state index is 13.2. The molecule has 0 heterocycles. The average molecular weight is 301 g/mol. The van der Waals surface area contributed by atoms with E-state index in [1.54, 1.807) is 12.1 Å². The standard InChI is InChI=1S/C13H14BrFO2/c1-17-12-7-8(2-5-11(12)15)6-10(14)13(16)9-3-4-9/h2,5,7,9-10H,3-4,6H2,1H3. The summed E-state index contributed by atoms with van der Waals surface area (Å²) < 4.78 is 18.1. The molecule has 1 fully saturated rings. The van der Waals surface area contributed by atoms with Gasteiger partial charge in [0.2, 0.25) is 0 Å². The summed E-state index contributed by atoms with van der Waals surface area (Å²) in [6.07, 6.45) is 2.59. The molecule has 2 nitrogen and oxygen atoms in total. The molecule has 0 bridgehead atoms. The number of carbonyl (C=O) groups excluding carboxylic acids is 1. The molecular weight excluding hydrogens is 287 g/mol. The lowest BCUT2D eigenvalue weighted by molar-refractivity contribution is -0.119. The van der Waals surface area contributed by atoms with Crippen LogP contribution in [0.4, 0.5) is 4.39 Å². The van der Waals surface area contributed by atoms with Crippen LogP contribution < -0.4 is 4.74 Å². The fourth-order valence-corrected chi connectivity index (χ4v) is 2.51. The number of rotatable bonds is 5. The molecule has 0 saturated heterocycles. The Balaban J connectivity index is 2.04. The highest BCUT2D eigenvalue weighted by Crippen LogP contribution is 2.33. The lowest BCUT2D eigenvalue weighted by atomic mass is 10.0. The van der Waals surface area contributed by atoms with Gasteiger partial charge in [0, 0.05) is 5.92 Å². The van der Waals surface area contributed by atoms with Gasteiger partial charge in [0.15, 0.2) is 11.6 Å². The van der Waals surface area contributed by atoms with Crippen LogP contribution >= 0.6 is 15.9 Å². The van der Waals surface area contributed by atoms with E-state index < -0.39 is 0 Å². The number of hydrogen-bond donors (Lipinski definition) is 0. The first-order valence-corrected chi connectivity index (χ1v) is 6.53. The molecule has 0 aliphatic heterocycles. The van der Waals surface area contributed by atoms with Crippen molar-refractivity contribution in [2.45, 2.75) is 24.1 Å². The highest BCUT2D eigenvalue weighted by Gasteiger charge is 2.33. The molecule has 0 radical (unpaired) electrons. The number of carbonyl (C=O) groups is 1. The number of ketones is 1. The molecule has 1 aliphatic rings. The van der Waals surface area contributed by atoms with E-state index in [1.165, 1.54) is 13.2 Å². The molecule has 1 atom stereocenters. The Morgan fingerprint density at radius 2 is 2.29 bits per heavy atom. The van der Waals surface area contributed by atoms with Crippen molar-refractivity contribution in [2.24, 2.45) is 5.92 Å². The molecule has 1 saturated carbocycles. The van der Waals surface area contributed by atoms with E-state index in [-0.39, 0.29) is 28.1 Å². The van der Waals surface area contributed by atoms with Crippen molar-refractivity contribution in [1.82, 2.24) is 0 Å². The quantitative estimate of drug-likeness (QED) is 0.781. The first-order valence-electron chi connectivity index (χ1n) is 5.62. The van der Waals surface area contributed by atoms with E-state index in [9.17, 15) is 9.18 Å². The lowest BCUT2D eigenvalue weighted by Crippen LogP contribution is -2.18. The summed E-state index contributed by atoms with van der Waals surface area (Å²) in [6, 6.07) is 4.70. The van der Waals surface area contributed by atoms with Crippen LogP contribution in [0.25, 0.3) is 0 Å². The zero-order chi connectivity index (χ0) is 12.4. The van der Waals surface area contributed by atoms with Gasteiger partial charge in [-0.05, 0) is 37.0 Å². The minimum atomic E-state index is -0.379. The monoisotopic (exact) mass is 300 g/mol. The van der Waals surface area contributed by atoms with Crippen LogP contribution in [-0.2, 0) is 11.2 Å². The van der Waals surface area contributed by atoms with Gasteiger partial charge in [-0.25, -0.2) is 4.39 Å². The van der Waals surface area contributed by atoms with Crippen LogP contribution in [0, 0.1) is 11.7 Å². The summed E-state index contributed by atoms with van der Waals surface area (Å²) in [5, 5.41) is 0. The molecule has 0 amide bonds. The maximum absolute atomic E-state index is 13.2. The van der Waals surface area contributed by atoms with E-state index in [0.717, 1.165) is 18.4 Å². The van der Waals surface area contributed by atoms with Crippen LogP contribution in [0.1, 0.15) is 18.4 Å². The van der Waals surface area contributed by atoms with Crippen molar-refractivity contribution in [3.63, 3.8) is 0 Å². The van der Waals surface area contributed by atoms with E-state index in [1.807, 2.05) is 0 Å². The number of benzene rings is 1. The summed E-state index contributed by atoms with van der Waals surface area (Å²) in [4.78, 5) is 11.6. The van der Waals surface area contributed by atoms with Gasteiger partial charge in [0.05, 0.1) is 11.9 Å². The smallest absolute Gasteiger partial charge is 0.165 e. The van der Waals surface area contributed by atoms with E-state index in [2.05, 4.69) is 15.9 Å². The van der Waals surface area contributed by atoms with Crippen molar-refractivity contribution < 1.29 is 13.9 Å². The molecule has 0 spiro atoms. The number of hydrogen-bond acceptors (Lipinski definition) is 2. The summed E-state index contributed by atoms with van der Waals surface area (Å²) >= 11 is 3.40. The summed E-state index contributed by atoms with van der Waals surface area (Å²) in [5.41, 5.74) is 0.902. The average Bonchev–Trinajstić information content (AvgIpc) is 3.14. The number of halogens is 2. The Labute approximate surface area is 108 Å². The zero-order valence-corrected chi connectivity index (χ0v) is 11.2. The summed E-state index contributed by atoms with van der Waals surface area (Å²) in [7, 11) is 1.43. The van der Waals surface area contributed by atoms with Crippen molar-refractivity contribution in [1.29, 1.82) is 0 Å². The van der Waals surface area contributed by atoms with Crippen molar-refractivity contribution in [3.8, 4) is 5.75 Å². The molecule has 17 heavy (non-hydrogen) atoms. The Hall–Kier alpha value is -0.900. The van der Waals surface area contributed by atoms with Gasteiger partial charge in [-0.1, -0.05) is 22.0 Å². The molecule has 1 unspecified atom stereocenters. The fraction of sp³-hybridized carbons (Fsp3) is 0.462. The van der Waals surface area contributed by atoms with Gasteiger partial charge in [-0.15, -0.1) is 0 Å². The zero-order valence-electron chi connectivity index (χ0n) is 9.58. The van der Waals surface area contributed by atoms with Gasteiger partial charge in [-0.2, -0.15) is 0 Å². The van der Waals surface area contributed by atoms with Crippen LogP contribution in [0.3, 0.4) is 0 Å². The fourth-order valence-electron chi connectivity index (χ4n) is 1.76. The second kappa shape index (κ2) is 5.17. The predicted octanol–water partition coefficient (Wildman–Crippen LogP) is 3.12. The third-order valence-corrected chi connectivity index (χ3v) is 3.69. The number of methoxy groups -OCH3 is 1. The summed E-state index contributed by atoms with van der Waals surface area (Å²) in [6.45, 7) is 0. The van der Waals surface area contributed by atoms with Gasteiger partial charge in [-0.3, -0.25) is 4.79 Å². The second-order valence-electron chi connectivity index (χ2n) is 4.32. The van der Waals surface area contributed by atoms with Gasteiger partial charge < -0.3 is 4.74 Å². The first-order chi connectivity index (χ1) is 8.11. The lowest BCUT2D eigenvalue weighted by Gasteiger charge is -2.10. The molecule has 1 aromatic rings. The minimum absolute atomic E-state index is 0.176. The second-order valence-corrected chi connectivity index (χ2v) is 5.42. The maximum Gasteiger partial charge on any atom is 0.165 e. The SMILES string of the molecule is COc1cc(CC(Br)C(=O)C2CC2)ccc1F. The molecule has 92 valence electrons. The Bertz CT molecular complexity index is 429. The molecule has 4 heteroatoms. The van der Waals surface area contributed by atoms with Gasteiger partial charge in [0.25, 0.3) is 0 Å². The van der Waals surface area contributed by atoms with Gasteiger partial charge in [0.1, 0.15) is 5.78 Å². The normalized spacial score (nSPS) is 16.6. The third-order valence-electron chi connectivity index (χ3n) is 2.92.